The fraction of sp³-hybridized carbons (Fsp3) is 0.118. The first-order valence-electron chi connectivity index (χ1n) is 6.77. The van der Waals surface area contributed by atoms with Crippen molar-refractivity contribution in [3.05, 3.63) is 66.4 Å². The Labute approximate surface area is 123 Å². The molecular formula is C17H16N2O2. The average Bonchev–Trinajstić information content (AvgIpc) is 2.54. The fourth-order valence-corrected chi connectivity index (χ4v) is 2.11. The van der Waals surface area contributed by atoms with Crippen LogP contribution in [0.4, 0.5) is 5.69 Å². The molecule has 0 fully saturated rings. The van der Waals surface area contributed by atoms with Gasteiger partial charge < -0.3 is 15.2 Å². The third-order valence-corrected chi connectivity index (χ3v) is 3.18. The van der Waals surface area contributed by atoms with Gasteiger partial charge in [-0.3, -0.25) is 0 Å². The van der Waals surface area contributed by atoms with E-state index in [9.17, 15) is 0 Å². The van der Waals surface area contributed by atoms with Crippen LogP contribution in [-0.2, 0) is 6.61 Å². The van der Waals surface area contributed by atoms with Crippen molar-refractivity contribution in [2.45, 2.75) is 6.61 Å². The topological polar surface area (TPSA) is 54.4 Å². The standard InChI is InChI=1S/C17H16N2O2/c20-12-18-14-7-9-16(10-8-14)21-11-15-6-5-13-3-1-2-4-17(13)19-15/h1-10,18,20H,11-12H2. The van der Waals surface area contributed by atoms with E-state index in [1.165, 1.54) is 0 Å². The zero-order chi connectivity index (χ0) is 14.5. The molecule has 0 aliphatic rings. The summed E-state index contributed by atoms with van der Waals surface area (Å²) in [5, 5.41) is 12.7. The third kappa shape index (κ3) is 3.30. The summed E-state index contributed by atoms with van der Waals surface area (Å²) >= 11 is 0. The molecule has 0 aliphatic carbocycles. The number of aromatic nitrogens is 1. The second-order valence-corrected chi connectivity index (χ2v) is 4.64. The van der Waals surface area contributed by atoms with Crippen LogP contribution in [0, 0.1) is 0 Å². The van der Waals surface area contributed by atoms with Crippen molar-refractivity contribution >= 4 is 16.6 Å². The van der Waals surface area contributed by atoms with E-state index in [1.54, 1.807) is 0 Å². The monoisotopic (exact) mass is 280 g/mol. The van der Waals surface area contributed by atoms with Crippen molar-refractivity contribution in [1.29, 1.82) is 0 Å². The van der Waals surface area contributed by atoms with Crippen LogP contribution in [0.25, 0.3) is 10.9 Å². The molecule has 3 rings (SSSR count). The van der Waals surface area contributed by atoms with Crippen LogP contribution >= 0.6 is 0 Å². The first-order chi connectivity index (χ1) is 10.3. The van der Waals surface area contributed by atoms with Gasteiger partial charge in [-0.1, -0.05) is 24.3 Å². The van der Waals surface area contributed by atoms with Crippen molar-refractivity contribution in [2.75, 3.05) is 12.0 Å². The summed E-state index contributed by atoms with van der Waals surface area (Å²) in [6.07, 6.45) is 0. The highest BCUT2D eigenvalue weighted by Crippen LogP contribution is 2.17. The molecule has 0 spiro atoms. The minimum absolute atomic E-state index is 0.0821. The van der Waals surface area contributed by atoms with E-state index >= 15 is 0 Å². The number of pyridine rings is 1. The van der Waals surface area contributed by atoms with Gasteiger partial charge in [-0.05, 0) is 36.4 Å². The molecule has 0 saturated heterocycles. The largest absolute Gasteiger partial charge is 0.487 e. The van der Waals surface area contributed by atoms with Crippen LogP contribution in [0.2, 0.25) is 0 Å². The molecule has 3 aromatic rings. The van der Waals surface area contributed by atoms with Crippen molar-refractivity contribution in [3.8, 4) is 5.75 Å². The number of nitrogens with one attached hydrogen (secondary N) is 1. The summed E-state index contributed by atoms with van der Waals surface area (Å²) in [7, 11) is 0. The quantitative estimate of drug-likeness (QED) is 0.705. The molecule has 4 nitrogen and oxygen atoms in total. The smallest absolute Gasteiger partial charge is 0.130 e. The fourth-order valence-electron chi connectivity index (χ4n) is 2.11. The number of hydrogen-bond donors (Lipinski definition) is 2. The Balaban J connectivity index is 1.68. The first-order valence-corrected chi connectivity index (χ1v) is 6.77. The van der Waals surface area contributed by atoms with E-state index in [2.05, 4.69) is 16.4 Å². The van der Waals surface area contributed by atoms with Crippen LogP contribution in [0.3, 0.4) is 0 Å². The molecule has 106 valence electrons. The number of para-hydroxylation sites is 1. The number of anilines is 1. The van der Waals surface area contributed by atoms with Crippen LogP contribution < -0.4 is 10.1 Å². The van der Waals surface area contributed by atoms with Gasteiger partial charge in [0.05, 0.1) is 11.2 Å². The average molecular weight is 280 g/mol. The van der Waals surface area contributed by atoms with Gasteiger partial charge in [0.15, 0.2) is 0 Å². The highest BCUT2D eigenvalue weighted by molar-refractivity contribution is 5.78. The predicted octanol–water partition coefficient (Wildman–Crippen LogP) is 3.18. The molecule has 0 radical (unpaired) electrons. The molecule has 0 atom stereocenters. The van der Waals surface area contributed by atoms with E-state index in [4.69, 9.17) is 9.84 Å². The van der Waals surface area contributed by atoms with Gasteiger partial charge in [0.25, 0.3) is 0 Å². The summed E-state index contributed by atoms with van der Waals surface area (Å²) in [5.41, 5.74) is 2.72. The van der Waals surface area contributed by atoms with Crippen LogP contribution in [0.15, 0.2) is 60.7 Å². The lowest BCUT2D eigenvalue weighted by Crippen LogP contribution is -2.00. The van der Waals surface area contributed by atoms with Gasteiger partial charge >= 0.3 is 0 Å². The van der Waals surface area contributed by atoms with E-state index in [0.717, 1.165) is 28.0 Å². The van der Waals surface area contributed by atoms with Crippen molar-refractivity contribution in [3.63, 3.8) is 0 Å². The zero-order valence-electron chi connectivity index (χ0n) is 11.5. The van der Waals surface area contributed by atoms with Crippen molar-refractivity contribution < 1.29 is 9.84 Å². The van der Waals surface area contributed by atoms with Gasteiger partial charge in [-0.25, -0.2) is 4.98 Å². The van der Waals surface area contributed by atoms with Gasteiger partial charge in [0.1, 0.15) is 19.1 Å². The molecule has 0 amide bonds. The molecule has 21 heavy (non-hydrogen) atoms. The Morgan fingerprint density at radius 2 is 1.76 bits per heavy atom. The Kier molecular flexibility index (Phi) is 3.98. The number of nitrogens with zero attached hydrogens (tertiary/aromatic N) is 1. The Morgan fingerprint density at radius 3 is 2.57 bits per heavy atom. The molecule has 2 aromatic carbocycles. The number of ether oxygens (including phenoxy) is 1. The molecule has 0 bridgehead atoms. The highest BCUT2D eigenvalue weighted by Gasteiger charge is 2.00. The minimum atomic E-state index is -0.0821. The Morgan fingerprint density at radius 1 is 0.952 bits per heavy atom. The maximum absolute atomic E-state index is 8.78. The summed E-state index contributed by atoms with van der Waals surface area (Å²) < 4.78 is 5.72. The lowest BCUT2D eigenvalue weighted by molar-refractivity contribution is 0.301. The molecule has 0 unspecified atom stereocenters. The van der Waals surface area contributed by atoms with E-state index in [1.807, 2.05) is 54.6 Å². The maximum Gasteiger partial charge on any atom is 0.130 e. The molecule has 4 heteroatoms. The SMILES string of the molecule is OCNc1ccc(OCc2ccc3ccccc3n2)cc1. The first kappa shape index (κ1) is 13.4. The number of aliphatic hydroxyl groups is 1. The summed E-state index contributed by atoms with van der Waals surface area (Å²) in [4.78, 5) is 4.57. The molecule has 1 aromatic heterocycles. The highest BCUT2D eigenvalue weighted by atomic mass is 16.5. The molecular weight excluding hydrogens is 264 g/mol. The van der Waals surface area contributed by atoms with Crippen molar-refractivity contribution in [1.82, 2.24) is 4.98 Å². The Bertz CT molecular complexity index is 726. The van der Waals surface area contributed by atoms with Crippen LogP contribution in [0.5, 0.6) is 5.75 Å². The van der Waals surface area contributed by atoms with Gasteiger partial charge in [0, 0.05) is 11.1 Å². The van der Waals surface area contributed by atoms with E-state index in [-0.39, 0.29) is 6.73 Å². The predicted molar refractivity (Wildman–Crippen MR) is 83.2 cm³/mol. The molecule has 0 aliphatic heterocycles. The van der Waals surface area contributed by atoms with E-state index < -0.39 is 0 Å². The lowest BCUT2D eigenvalue weighted by atomic mass is 10.2. The van der Waals surface area contributed by atoms with Crippen LogP contribution in [-0.4, -0.2) is 16.8 Å². The number of hydrogen-bond acceptors (Lipinski definition) is 4. The van der Waals surface area contributed by atoms with Crippen molar-refractivity contribution in [2.24, 2.45) is 0 Å². The Hall–Kier alpha value is -2.59. The third-order valence-electron chi connectivity index (χ3n) is 3.18. The second-order valence-electron chi connectivity index (χ2n) is 4.64. The normalized spacial score (nSPS) is 10.5. The van der Waals surface area contributed by atoms with Gasteiger partial charge in [-0.15, -0.1) is 0 Å². The zero-order valence-corrected chi connectivity index (χ0v) is 11.5. The van der Waals surface area contributed by atoms with Gasteiger partial charge in [-0.2, -0.15) is 0 Å². The van der Waals surface area contributed by atoms with Gasteiger partial charge in [0.2, 0.25) is 0 Å². The lowest BCUT2D eigenvalue weighted by Gasteiger charge is -2.08. The van der Waals surface area contributed by atoms with E-state index in [0.29, 0.717) is 6.61 Å². The summed E-state index contributed by atoms with van der Waals surface area (Å²) in [6, 6.07) is 19.5. The molecule has 1 heterocycles. The van der Waals surface area contributed by atoms with Crippen LogP contribution in [0.1, 0.15) is 5.69 Å². The summed E-state index contributed by atoms with van der Waals surface area (Å²) in [6.45, 7) is 0.346. The number of benzene rings is 2. The maximum atomic E-state index is 8.78. The minimum Gasteiger partial charge on any atom is -0.487 e. The number of rotatable bonds is 5. The molecule has 2 N–H and O–H groups in total. The second kappa shape index (κ2) is 6.24. The number of aliphatic hydroxyl groups excluding tert-OH is 1. The number of fused-ring (bicyclic) bond motifs is 1. The molecule has 0 saturated carbocycles. The summed E-state index contributed by atoms with van der Waals surface area (Å²) in [5.74, 6) is 0.772.